The van der Waals surface area contributed by atoms with Crippen molar-refractivity contribution in [1.82, 2.24) is 14.9 Å². The SMILES string of the molecule is NC(=O)c1ccn(-c2cccc(-c3ccon3)c2)n1. The number of aromatic nitrogens is 3. The molecule has 6 nitrogen and oxygen atoms in total. The number of hydrogen-bond donors (Lipinski definition) is 1. The Morgan fingerprint density at radius 2 is 2.16 bits per heavy atom. The molecule has 0 saturated carbocycles. The van der Waals surface area contributed by atoms with Crippen LogP contribution in [-0.4, -0.2) is 20.8 Å². The Balaban J connectivity index is 2.01. The lowest BCUT2D eigenvalue weighted by atomic mass is 10.1. The van der Waals surface area contributed by atoms with Gasteiger partial charge in [-0.15, -0.1) is 0 Å². The van der Waals surface area contributed by atoms with Crippen LogP contribution in [0.5, 0.6) is 0 Å². The van der Waals surface area contributed by atoms with Crippen LogP contribution in [0.1, 0.15) is 10.5 Å². The normalized spacial score (nSPS) is 10.5. The number of hydrogen-bond acceptors (Lipinski definition) is 4. The Kier molecular flexibility index (Phi) is 2.60. The second kappa shape index (κ2) is 4.41. The number of benzene rings is 1. The molecule has 0 radical (unpaired) electrons. The van der Waals surface area contributed by atoms with Crippen molar-refractivity contribution in [2.75, 3.05) is 0 Å². The van der Waals surface area contributed by atoms with Crippen LogP contribution in [0.4, 0.5) is 0 Å². The smallest absolute Gasteiger partial charge is 0.269 e. The third-order valence-corrected chi connectivity index (χ3v) is 2.69. The number of rotatable bonds is 3. The van der Waals surface area contributed by atoms with E-state index in [4.69, 9.17) is 10.3 Å². The predicted molar refractivity (Wildman–Crippen MR) is 67.6 cm³/mol. The van der Waals surface area contributed by atoms with Crippen LogP contribution in [0, 0.1) is 0 Å². The van der Waals surface area contributed by atoms with Crippen LogP contribution in [0.15, 0.2) is 53.4 Å². The van der Waals surface area contributed by atoms with Gasteiger partial charge in [0.1, 0.15) is 17.7 Å². The van der Waals surface area contributed by atoms with Crippen LogP contribution in [0.3, 0.4) is 0 Å². The van der Waals surface area contributed by atoms with Crippen molar-refractivity contribution < 1.29 is 9.32 Å². The van der Waals surface area contributed by atoms with E-state index in [0.717, 1.165) is 16.9 Å². The zero-order valence-corrected chi connectivity index (χ0v) is 9.85. The fourth-order valence-electron chi connectivity index (χ4n) is 1.77. The van der Waals surface area contributed by atoms with Gasteiger partial charge in [-0.05, 0) is 18.2 Å². The minimum absolute atomic E-state index is 0.229. The quantitative estimate of drug-likeness (QED) is 0.769. The molecule has 0 aliphatic carbocycles. The number of primary amides is 1. The fourth-order valence-corrected chi connectivity index (χ4v) is 1.77. The second-order valence-corrected chi connectivity index (χ2v) is 3.94. The summed E-state index contributed by atoms with van der Waals surface area (Å²) in [6.45, 7) is 0. The van der Waals surface area contributed by atoms with Crippen molar-refractivity contribution in [1.29, 1.82) is 0 Å². The van der Waals surface area contributed by atoms with Crippen molar-refractivity contribution in [2.24, 2.45) is 5.73 Å². The molecule has 0 spiro atoms. The standard InChI is InChI=1S/C13H10N4O2/c14-13(18)12-4-6-17(15-12)10-3-1-2-9(8-10)11-5-7-19-16-11/h1-8H,(H2,14,18). The molecule has 3 aromatic rings. The van der Waals surface area contributed by atoms with E-state index in [-0.39, 0.29) is 5.69 Å². The van der Waals surface area contributed by atoms with Gasteiger partial charge in [0.25, 0.3) is 5.91 Å². The highest BCUT2D eigenvalue weighted by atomic mass is 16.5. The van der Waals surface area contributed by atoms with Gasteiger partial charge in [-0.1, -0.05) is 17.3 Å². The Morgan fingerprint density at radius 3 is 2.84 bits per heavy atom. The van der Waals surface area contributed by atoms with Gasteiger partial charge in [-0.3, -0.25) is 4.79 Å². The van der Waals surface area contributed by atoms with E-state index in [1.807, 2.05) is 24.3 Å². The van der Waals surface area contributed by atoms with Gasteiger partial charge >= 0.3 is 0 Å². The maximum Gasteiger partial charge on any atom is 0.269 e. The topological polar surface area (TPSA) is 86.9 Å². The Bertz CT molecular complexity index is 716. The minimum Gasteiger partial charge on any atom is -0.364 e. The Hall–Kier alpha value is -2.89. The van der Waals surface area contributed by atoms with E-state index in [1.165, 1.54) is 6.26 Å². The first-order valence-electron chi connectivity index (χ1n) is 5.61. The summed E-state index contributed by atoms with van der Waals surface area (Å²) < 4.78 is 6.40. The first kappa shape index (κ1) is 11.2. The largest absolute Gasteiger partial charge is 0.364 e. The van der Waals surface area contributed by atoms with E-state index in [0.29, 0.717) is 0 Å². The molecule has 0 aliphatic rings. The van der Waals surface area contributed by atoms with E-state index < -0.39 is 5.91 Å². The van der Waals surface area contributed by atoms with Gasteiger partial charge in [-0.2, -0.15) is 5.10 Å². The van der Waals surface area contributed by atoms with Gasteiger partial charge in [0.2, 0.25) is 0 Å². The predicted octanol–water partition coefficient (Wildman–Crippen LogP) is 1.63. The molecule has 0 fully saturated rings. The van der Waals surface area contributed by atoms with E-state index in [2.05, 4.69) is 10.3 Å². The molecular formula is C13H10N4O2. The lowest BCUT2D eigenvalue weighted by molar-refractivity contribution is 0.0995. The van der Waals surface area contributed by atoms with Crippen molar-refractivity contribution >= 4 is 5.91 Å². The molecule has 0 aliphatic heterocycles. The van der Waals surface area contributed by atoms with E-state index in [9.17, 15) is 4.79 Å². The third kappa shape index (κ3) is 2.11. The Morgan fingerprint density at radius 1 is 1.26 bits per heavy atom. The summed E-state index contributed by atoms with van der Waals surface area (Å²) in [7, 11) is 0. The van der Waals surface area contributed by atoms with Crippen molar-refractivity contribution in [3.8, 4) is 16.9 Å². The highest BCUT2D eigenvalue weighted by Crippen LogP contribution is 2.20. The van der Waals surface area contributed by atoms with E-state index in [1.54, 1.807) is 23.0 Å². The molecule has 0 saturated heterocycles. The van der Waals surface area contributed by atoms with Gasteiger partial charge in [0.15, 0.2) is 0 Å². The summed E-state index contributed by atoms with van der Waals surface area (Å²) in [5, 5.41) is 7.98. The number of carbonyl (C=O) groups is 1. The number of carbonyl (C=O) groups excluding carboxylic acids is 1. The van der Waals surface area contributed by atoms with Gasteiger partial charge in [0, 0.05) is 17.8 Å². The average molecular weight is 254 g/mol. The monoisotopic (exact) mass is 254 g/mol. The third-order valence-electron chi connectivity index (χ3n) is 2.69. The van der Waals surface area contributed by atoms with Gasteiger partial charge < -0.3 is 10.3 Å². The van der Waals surface area contributed by atoms with Crippen LogP contribution in [-0.2, 0) is 0 Å². The second-order valence-electron chi connectivity index (χ2n) is 3.94. The maximum atomic E-state index is 11.0. The molecule has 6 heteroatoms. The molecule has 0 atom stereocenters. The molecule has 0 bridgehead atoms. The Labute approximate surface area is 108 Å². The number of amides is 1. The summed E-state index contributed by atoms with van der Waals surface area (Å²) in [5.74, 6) is -0.550. The van der Waals surface area contributed by atoms with E-state index >= 15 is 0 Å². The van der Waals surface area contributed by atoms with Crippen molar-refractivity contribution in [2.45, 2.75) is 0 Å². The lowest BCUT2D eigenvalue weighted by Gasteiger charge is -2.03. The highest BCUT2D eigenvalue weighted by Gasteiger charge is 2.07. The van der Waals surface area contributed by atoms with Crippen molar-refractivity contribution in [3.05, 3.63) is 54.6 Å². The zero-order chi connectivity index (χ0) is 13.2. The molecule has 2 heterocycles. The summed E-state index contributed by atoms with van der Waals surface area (Å²) in [5.41, 5.74) is 7.86. The molecule has 1 amide bonds. The summed E-state index contributed by atoms with van der Waals surface area (Å²) >= 11 is 0. The number of nitrogens with zero attached hydrogens (tertiary/aromatic N) is 3. The maximum absolute atomic E-state index is 11.0. The fraction of sp³-hybridized carbons (Fsp3) is 0. The molecule has 3 rings (SSSR count). The molecule has 19 heavy (non-hydrogen) atoms. The minimum atomic E-state index is -0.550. The van der Waals surface area contributed by atoms with Crippen LogP contribution in [0.25, 0.3) is 16.9 Å². The van der Waals surface area contributed by atoms with Crippen LogP contribution < -0.4 is 5.73 Å². The lowest BCUT2D eigenvalue weighted by Crippen LogP contribution is -2.12. The number of nitrogens with two attached hydrogens (primary N) is 1. The molecular weight excluding hydrogens is 244 g/mol. The summed E-state index contributed by atoms with van der Waals surface area (Å²) in [6.07, 6.45) is 3.20. The van der Waals surface area contributed by atoms with Gasteiger partial charge in [-0.25, -0.2) is 4.68 Å². The van der Waals surface area contributed by atoms with Crippen LogP contribution >= 0.6 is 0 Å². The zero-order valence-electron chi connectivity index (χ0n) is 9.85. The summed E-state index contributed by atoms with van der Waals surface area (Å²) in [4.78, 5) is 11.0. The first-order chi connectivity index (χ1) is 9.24. The summed E-state index contributed by atoms with van der Waals surface area (Å²) in [6, 6.07) is 10.9. The van der Waals surface area contributed by atoms with Crippen molar-refractivity contribution in [3.63, 3.8) is 0 Å². The average Bonchev–Trinajstić information content (AvgIpc) is 3.10. The molecule has 1 aromatic carbocycles. The first-order valence-corrected chi connectivity index (χ1v) is 5.61. The molecule has 94 valence electrons. The highest BCUT2D eigenvalue weighted by molar-refractivity contribution is 5.90. The van der Waals surface area contributed by atoms with Crippen LogP contribution in [0.2, 0.25) is 0 Å². The van der Waals surface area contributed by atoms with Gasteiger partial charge in [0.05, 0.1) is 5.69 Å². The molecule has 2 aromatic heterocycles. The molecule has 0 unspecified atom stereocenters. The molecule has 2 N–H and O–H groups in total.